The molecule has 1 saturated heterocycles. The molecule has 0 radical (unpaired) electrons. The predicted octanol–water partition coefficient (Wildman–Crippen LogP) is 0.335. The van der Waals surface area contributed by atoms with Gasteiger partial charge in [-0.15, -0.1) is 0 Å². The second-order valence-electron chi connectivity index (χ2n) is 5.14. The maximum Gasteiger partial charge on any atom is 0.239 e. The zero-order valence-electron chi connectivity index (χ0n) is 10.7. The van der Waals surface area contributed by atoms with Crippen molar-refractivity contribution >= 4 is 15.7 Å². The van der Waals surface area contributed by atoms with Crippen molar-refractivity contribution in [2.75, 3.05) is 19.3 Å². The highest BCUT2D eigenvalue weighted by Crippen LogP contribution is 2.33. The van der Waals surface area contributed by atoms with E-state index < -0.39 is 9.84 Å². The van der Waals surface area contributed by atoms with Crippen molar-refractivity contribution in [3.05, 3.63) is 29.8 Å². The summed E-state index contributed by atoms with van der Waals surface area (Å²) in [5.41, 5.74) is 0.782. The van der Waals surface area contributed by atoms with Gasteiger partial charge in [0.05, 0.1) is 16.7 Å². The number of hydrogen-bond acceptors (Lipinski definition) is 4. The Kier molecular flexibility index (Phi) is 2.87. The molecule has 0 aliphatic carbocycles. The lowest BCUT2D eigenvalue weighted by molar-refractivity contribution is -0.128. The first-order chi connectivity index (χ1) is 8.99. The monoisotopic (exact) mass is 280 g/mol. The van der Waals surface area contributed by atoms with Gasteiger partial charge in [-0.25, -0.2) is 8.42 Å². The van der Waals surface area contributed by atoms with Gasteiger partial charge in [0.15, 0.2) is 9.84 Å². The number of amides is 1. The molecule has 0 bridgehead atoms. The second kappa shape index (κ2) is 4.31. The Balaban J connectivity index is 1.87. The van der Waals surface area contributed by atoms with Crippen molar-refractivity contribution in [2.45, 2.75) is 23.4 Å². The number of fused-ring (bicyclic) bond motifs is 1. The molecule has 1 N–H and O–H groups in total. The minimum Gasteiger partial charge on any atom is -0.344 e. The van der Waals surface area contributed by atoms with E-state index in [2.05, 4.69) is 5.32 Å². The smallest absolute Gasteiger partial charge is 0.239 e. The van der Waals surface area contributed by atoms with E-state index in [1.807, 2.05) is 12.1 Å². The first kappa shape index (κ1) is 12.6. The fourth-order valence-electron chi connectivity index (χ4n) is 2.81. The van der Waals surface area contributed by atoms with E-state index in [4.69, 9.17) is 0 Å². The van der Waals surface area contributed by atoms with Crippen molar-refractivity contribution in [1.82, 2.24) is 10.2 Å². The average molecular weight is 280 g/mol. The molecule has 2 aliphatic rings. The van der Waals surface area contributed by atoms with E-state index in [9.17, 15) is 13.2 Å². The van der Waals surface area contributed by atoms with Gasteiger partial charge in [-0.3, -0.25) is 10.1 Å². The van der Waals surface area contributed by atoms with Gasteiger partial charge < -0.3 is 4.90 Å². The van der Waals surface area contributed by atoms with Gasteiger partial charge in [0, 0.05) is 19.6 Å². The molecule has 2 unspecified atom stereocenters. The summed E-state index contributed by atoms with van der Waals surface area (Å²) < 4.78 is 24.1. The van der Waals surface area contributed by atoms with Crippen LogP contribution in [-0.4, -0.2) is 44.6 Å². The van der Waals surface area contributed by atoms with Crippen molar-refractivity contribution < 1.29 is 13.2 Å². The fourth-order valence-corrected chi connectivity index (χ4v) is 4.56. The summed E-state index contributed by atoms with van der Waals surface area (Å²) in [7, 11) is -1.45. The summed E-state index contributed by atoms with van der Waals surface area (Å²) in [6, 6.07) is 6.47. The molecule has 1 amide bonds. The third-order valence-electron chi connectivity index (χ3n) is 3.85. The Hall–Kier alpha value is -1.40. The van der Waals surface area contributed by atoms with Crippen LogP contribution in [0.1, 0.15) is 18.0 Å². The van der Waals surface area contributed by atoms with Crippen LogP contribution in [0, 0.1) is 0 Å². The minimum absolute atomic E-state index is 0.0415. The average Bonchev–Trinajstić information content (AvgIpc) is 2.82. The predicted molar refractivity (Wildman–Crippen MR) is 70.4 cm³/mol. The van der Waals surface area contributed by atoms with Gasteiger partial charge in [-0.2, -0.15) is 0 Å². The molecule has 2 atom stereocenters. The molecule has 0 aromatic heterocycles. The van der Waals surface area contributed by atoms with E-state index >= 15 is 0 Å². The van der Waals surface area contributed by atoms with E-state index in [1.54, 1.807) is 24.1 Å². The topological polar surface area (TPSA) is 66.5 Å². The third-order valence-corrected chi connectivity index (χ3v) is 5.66. The molecule has 6 heteroatoms. The van der Waals surface area contributed by atoms with Gasteiger partial charge in [-0.05, 0) is 18.1 Å². The van der Waals surface area contributed by atoms with Crippen LogP contribution < -0.4 is 5.32 Å². The lowest BCUT2D eigenvalue weighted by Crippen LogP contribution is -2.39. The molecule has 2 heterocycles. The van der Waals surface area contributed by atoms with Gasteiger partial charge in [0.25, 0.3) is 0 Å². The Morgan fingerprint density at radius 1 is 1.26 bits per heavy atom. The largest absolute Gasteiger partial charge is 0.344 e. The van der Waals surface area contributed by atoms with Crippen LogP contribution in [-0.2, 0) is 14.6 Å². The van der Waals surface area contributed by atoms with Crippen LogP contribution in [0.2, 0.25) is 0 Å². The first-order valence-corrected chi connectivity index (χ1v) is 7.97. The first-order valence-electron chi connectivity index (χ1n) is 6.32. The zero-order valence-corrected chi connectivity index (χ0v) is 11.5. The Morgan fingerprint density at radius 3 is 2.68 bits per heavy atom. The minimum atomic E-state index is -3.21. The summed E-state index contributed by atoms with van der Waals surface area (Å²) in [5.74, 6) is 0.0848. The summed E-state index contributed by atoms with van der Waals surface area (Å²) in [6.45, 7) is 0.720. The third kappa shape index (κ3) is 2.04. The normalized spacial score (nSPS) is 28.7. The summed E-state index contributed by atoms with van der Waals surface area (Å²) in [5, 5.41) is 3.20. The van der Waals surface area contributed by atoms with Crippen LogP contribution in [0.15, 0.2) is 29.2 Å². The molecule has 3 rings (SSSR count). The maximum atomic E-state index is 12.0. The number of likely N-dealkylation sites (tertiary alicyclic amines) is 1. The number of hydrogen-bond donors (Lipinski definition) is 1. The number of likely N-dealkylation sites (N-methyl/N-ethyl adjacent to an activating group) is 1. The van der Waals surface area contributed by atoms with Crippen LogP contribution >= 0.6 is 0 Å². The van der Waals surface area contributed by atoms with Crippen LogP contribution in [0.4, 0.5) is 0 Å². The van der Waals surface area contributed by atoms with Crippen LogP contribution in [0.25, 0.3) is 0 Å². The van der Waals surface area contributed by atoms with E-state index in [0.717, 1.165) is 18.5 Å². The second-order valence-corrected chi connectivity index (χ2v) is 7.14. The molecule has 1 aromatic rings. The number of carbonyl (C=O) groups excluding carboxylic acids is 1. The number of nitrogens with zero attached hydrogens (tertiary/aromatic N) is 1. The Bertz CT molecular complexity index is 627. The van der Waals surface area contributed by atoms with Crippen molar-refractivity contribution in [3.8, 4) is 0 Å². The molecule has 0 saturated carbocycles. The molecule has 5 nitrogen and oxygen atoms in total. The van der Waals surface area contributed by atoms with E-state index in [1.165, 1.54) is 0 Å². The number of sulfone groups is 1. The number of nitrogens with one attached hydrogen (secondary N) is 1. The molecular weight excluding hydrogens is 264 g/mol. The van der Waals surface area contributed by atoms with Crippen molar-refractivity contribution in [3.63, 3.8) is 0 Å². The molecular formula is C13H16N2O3S. The van der Waals surface area contributed by atoms with Gasteiger partial charge in [0.2, 0.25) is 5.91 Å². The Labute approximate surface area is 112 Å². The SMILES string of the molecule is CN1CCC(NC2CS(=O)(=O)c3ccccc32)C1=O. The van der Waals surface area contributed by atoms with Crippen molar-refractivity contribution in [1.29, 1.82) is 0 Å². The van der Waals surface area contributed by atoms with E-state index in [0.29, 0.717) is 4.90 Å². The number of benzene rings is 1. The maximum absolute atomic E-state index is 12.0. The quantitative estimate of drug-likeness (QED) is 0.848. The molecule has 1 aromatic carbocycles. The number of carbonyl (C=O) groups is 1. The highest BCUT2D eigenvalue weighted by Gasteiger charge is 2.38. The molecule has 1 fully saturated rings. The van der Waals surface area contributed by atoms with Gasteiger partial charge in [-0.1, -0.05) is 18.2 Å². The van der Waals surface area contributed by atoms with Gasteiger partial charge >= 0.3 is 0 Å². The summed E-state index contributed by atoms with van der Waals surface area (Å²) in [6.07, 6.45) is 0.730. The molecule has 0 spiro atoms. The lowest BCUT2D eigenvalue weighted by atomic mass is 10.1. The van der Waals surface area contributed by atoms with Crippen LogP contribution in [0.5, 0.6) is 0 Å². The van der Waals surface area contributed by atoms with Crippen LogP contribution in [0.3, 0.4) is 0 Å². The highest BCUT2D eigenvalue weighted by atomic mass is 32.2. The standard InChI is InChI=1S/C13H16N2O3S/c1-15-7-6-10(13(15)16)14-11-8-19(17,18)12-5-3-2-4-9(11)12/h2-5,10-11,14H,6-8H2,1H3. The molecule has 19 heavy (non-hydrogen) atoms. The molecule has 2 aliphatic heterocycles. The summed E-state index contributed by atoms with van der Waals surface area (Å²) >= 11 is 0. The Morgan fingerprint density at radius 2 is 2.00 bits per heavy atom. The van der Waals surface area contributed by atoms with E-state index in [-0.39, 0.29) is 23.7 Å². The van der Waals surface area contributed by atoms with Crippen molar-refractivity contribution in [2.24, 2.45) is 0 Å². The molecule has 102 valence electrons. The number of rotatable bonds is 2. The fraction of sp³-hybridized carbons (Fsp3) is 0.462. The lowest BCUT2D eigenvalue weighted by Gasteiger charge is -2.17. The van der Waals surface area contributed by atoms with Gasteiger partial charge in [0.1, 0.15) is 0 Å². The summed E-state index contributed by atoms with van der Waals surface area (Å²) in [4.78, 5) is 13.9. The zero-order chi connectivity index (χ0) is 13.6. The highest BCUT2D eigenvalue weighted by molar-refractivity contribution is 7.91.